The number of methoxy groups -OCH3 is 1. The van der Waals surface area contributed by atoms with E-state index in [0.717, 1.165) is 18.7 Å². The molecule has 0 aliphatic carbocycles. The molecule has 2 heterocycles. The highest BCUT2D eigenvalue weighted by Gasteiger charge is 2.26. The van der Waals surface area contributed by atoms with Crippen LogP contribution in [0.1, 0.15) is 43.7 Å². The number of morpholine rings is 1. The minimum atomic E-state index is -0.444. The summed E-state index contributed by atoms with van der Waals surface area (Å²) in [5.74, 6) is -0.675. The number of nitrogens with zero attached hydrogens (tertiary/aromatic N) is 1. The molecule has 1 aromatic carbocycles. The number of hydrogen-bond donors (Lipinski definition) is 2. The number of H-pyrrole nitrogens is 1. The summed E-state index contributed by atoms with van der Waals surface area (Å²) in [6, 6.07) is 10.2. The Morgan fingerprint density at radius 2 is 1.89 bits per heavy atom. The molecular formula is C21H27N3O4. The molecule has 0 spiro atoms. The molecule has 2 aromatic rings. The molecule has 7 nitrogen and oxygen atoms in total. The molecule has 1 unspecified atom stereocenters. The number of hydrogen-bond acceptors (Lipinski definition) is 5. The number of aromatic nitrogens is 1. The van der Waals surface area contributed by atoms with E-state index in [1.807, 2.05) is 18.2 Å². The highest BCUT2D eigenvalue weighted by molar-refractivity contribution is 6.00. The van der Waals surface area contributed by atoms with Crippen LogP contribution in [0.4, 0.5) is 0 Å². The molecule has 7 heteroatoms. The van der Waals surface area contributed by atoms with Gasteiger partial charge in [-0.15, -0.1) is 0 Å². The van der Waals surface area contributed by atoms with Crippen LogP contribution in [-0.2, 0) is 9.47 Å². The Balaban J connectivity index is 1.76. The molecule has 0 bridgehead atoms. The van der Waals surface area contributed by atoms with Crippen molar-refractivity contribution in [2.75, 3.05) is 40.0 Å². The number of benzene rings is 1. The summed E-state index contributed by atoms with van der Waals surface area (Å²) in [4.78, 5) is 30.1. The van der Waals surface area contributed by atoms with Gasteiger partial charge in [0.2, 0.25) is 0 Å². The van der Waals surface area contributed by atoms with Gasteiger partial charge in [0.1, 0.15) is 5.69 Å². The summed E-state index contributed by atoms with van der Waals surface area (Å²) in [6.45, 7) is 7.00. The predicted octanol–water partition coefficient (Wildman–Crippen LogP) is 2.22. The van der Waals surface area contributed by atoms with Crippen LogP contribution in [0.25, 0.3) is 0 Å². The van der Waals surface area contributed by atoms with Crippen molar-refractivity contribution >= 4 is 11.9 Å². The fourth-order valence-electron chi connectivity index (χ4n) is 3.69. The largest absolute Gasteiger partial charge is 0.465 e. The molecule has 3 rings (SSSR count). The van der Waals surface area contributed by atoms with Gasteiger partial charge in [0.25, 0.3) is 5.91 Å². The first-order chi connectivity index (χ1) is 13.5. The molecule has 1 saturated heterocycles. The lowest BCUT2D eigenvalue weighted by Gasteiger charge is -2.34. The molecule has 2 N–H and O–H groups in total. The van der Waals surface area contributed by atoms with E-state index in [1.54, 1.807) is 13.8 Å². The van der Waals surface area contributed by atoms with Crippen molar-refractivity contribution in [3.05, 3.63) is 58.4 Å². The van der Waals surface area contributed by atoms with Gasteiger partial charge < -0.3 is 19.8 Å². The van der Waals surface area contributed by atoms with Crippen LogP contribution in [0.3, 0.4) is 0 Å². The number of aryl methyl sites for hydroxylation is 1. The van der Waals surface area contributed by atoms with E-state index in [0.29, 0.717) is 42.3 Å². The van der Waals surface area contributed by atoms with Crippen molar-refractivity contribution in [3.63, 3.8) is 0 Å². The van der Waals surface area contributed by atoms with Crippen LogP contribution in [0, 0.1) is 13.8 Å². The molecule has 150 valence electrons. The van der Waals surface area contributed by atoms with Crippen LogP contribution < -0.4 is 5.32 Å². The first-order valence-corrected chi connectivity index (χ1v) is 9.45. The maximum absolute atomic E-state index is 12.8. The third-order valence-electron chi connectivity index (χ3n) is 5.18. The number of ether oxygens (including phenoxy) is 2. The second kappa shape index (κ2) is 9.03. The Morgan fingerprint density at radius 3 is 2.54 bits per heavy atom. The number of carbonyl (C=O) groups excluding carboxylic acids is 2. The van der Waals surface area contributed by atoms with Gasteiger partial charge in [-0.2, -0.15) is 0 Å². The molecular weight excluding hydrogens is 358 g/mol. The van der Waals surface area contributed by atoms with Gasteiger partial charge in [-0.05, 0) is 25.0 Å². The lowest BCUT2D eigenvalue weighted by molar-refractivity contribution is 0.0162. The van der Waals surface area contributed by atoms with Crippen LogP contribution >= 0.6 is 0 Å². The summed E-state index contributed by atoms with van der Waals surface area (Å²) >= 11 is 0. The van der Waals surface area contributed by atoms with Crippen molar-refractivity contribution in [1.29, 1.82) is 0 Å². The minimum Gasteiger partial charge on any atom is -0.465 e. The van der Waals surface area contributed by atoms with Gasteiger partial charge in [0.05, 0.1) is 31.9 Å². The molecule has 1 aliphatic rings. The maximum atomic E-state index is 12.8. The average molecular weight is 385 g/mol. The van der Waals surface area contributed by atoms with E-state index in [4.69, 9.17) is 9.47 Å². The van der Waals surface area contributed by atoms with Crippen LogP contribution in [0.5, 0.6) is 0 Å². The summed E-state index contributed by atoms with van der Waals surface area (Å²) < 4.78 is 10.3. The van der Waals surface area contributed by atoms with E-state index >= 15 is 0 Å². The molecule has 1 aliphatic heterocycles. The Labute approximate surface area is 165 Å². The molecule has 1 aromatic heterocycles. The Bertz CT molecular complexity index is 826. The number of aromatic amines is 1. The fourth-order valence-corrected chi connectivity index (χ4v) is 3.69. The minimum absolute atomic E-state index is 0.0606. The first-order valence-electron chi connectivity index (χ1n) is 9.45. The quantitative estimate of drug-likeness (QED) is 0.745. The number of nitrogens with one attached hydrogen (secondary N) is 2. The Morgan fingerprint density at radius 1 is 1.21 bits per heavy atom. The summed E-state index contributed by atoms with van der Waals surface area (Å²) in [7, 11) is 1.33. The van der Waals surface area contributed by atoms with E-state index < -0.39 is 5.97 Å². The van der Waals surface area contributed by atoms with Crippen molar-refractivity contribution < 1.29 is 19.1 Å². The molecule has 1 fully saturated rings. The monoisotopic (exact) mass is 385 g/mol. The lowest BCUT2D eigenvalue weighted by Crippen LogP contribution is -2.44. The highest BCUT2D eigenvalue weighted by atomic mass is 16.5. The zero-order chi connectivity index (χ0) is 20.1. The Hall–Kier alpha value is -2.64. The van der Waals surface area contributed by atoms with Crippen molar-refractivity contribution in [2.45, 2.75) is 19.9 Å². The summed E-state index contributed by atoms with van der Waals surface area (Å²) in [6.07, 6.45) is 0. The number of amides is 1. The molecule has 0 radical (unpaired) electrons. The van der Waals surface area contributed by atoms with E-state index in [9.17, 15) is 9.59 Å². The lowest BCUT2D eigenvalue weighted by atomic mass is 10.0. The van der Waals surface area contributed by atoms with Crippen LogP contribution in [0.2, 0.25) is 0 Å². The maximum Gasteiger partial charge on any atom is 0.339 e. The second-order valence-corrected chi connectivity index (χ2v) is 6.90. The van der Waals surface area contributed by atoms with Crippen LogP contribution in [0.15, 0.2) is 30.3 Å². The highest BCUT2D eigenvalue weighted by Crippen LogP contribution is 2.22. The third-order valence-corrected chi connectivity index (χ3v) is 5.18. The first kappa shape index (κ1) is 20.1. The third kappa shape index (κ3) is 4.26. The Kier molecular flexibility index (Phi) is 6.49. The normalized spacial score (nSPS) is 15.8. The average Bonchev–Trinajstić information content (AvgIpc) is 3.03. The van der Waals surface area contributed by atoms with Gasteiger partial charge in [-0.3, -0.25) is 9.69 Å². The van der Waals surface area contributed by atoms with Crippen molar-refractivity contribution in [1.82, 2.24) is 15.2 Å². The van der Waals surface area contributed by atoms with Gasteiger partial charge in [0, 0.05) is 25.3 Å². The standard InChI is InChI=1S/C21H27N3O4/c1-14-18(21(26)27-3)15(2)23-19(14)20(25)22-13-17(16-7-5-4-6-8-16)24-9-11-28-12-10-24/h4-8,17,23H,9-13H2,1-3H3,(H,22,25). The summed E-state index contributed by atoms with van der Waals surface area (Å²) in [5.41, 5.74) is 3.19. The molecule has 1 amide bonds. The van der Waals surface area contributed by atoms with Crippen LogP contribution in [-0.4, -0.2) is 61.7 Å². The smallest absolute Gasteiger partial charge is 0.339 e. The summed E-state index contributed by atoms with van der Waals surface area (Å²) in [5, 5.41) is 3.03. The molecule has 1 atom stereocenters. The van der Waals surface area contributed by atoms with E-state index in [-0.39, 0.29) is 11.9 Å². The second-order valence-electron chi connectivity index (χ2n) is 6.90. The van der Waals surface area contributed by atoms with Crippen molar-refractivity contribution in [2.24, 2.45) is 0 Å². The zero-order valence-corrected chi connectivity index (χ0v) is 16.6. The van der Waals surface area contributed by atoms with Gasteiger partial charge in [-0.1, -0.05) is 30.3 Å². The van der Waals surface area contributed by atoms with Gasteiger partial charge in [-0.25, -0.2) is 4.79 Å². The number of esters is 1. The fraction of sp³-hybridized carbons (Fsp3) is 0.429. The number of rotatable bonds is 6. The molecule has 28 heavy (non-hydrogen) atoms. The van der Waals surface area contributed by atoms with Gasteiger partial charge in [0.15, 0.2) is 0 Å². The molecule has 0 saturated carbocycles. The number of carbonyl (C=O) groups is 2. The zero-order valence-electron chi connectivity index (χ0n) is 16.6. The predicted molar refractivity (Wildman–Crippen MR) is 106 cm³/mol. The SMILES string of the molecule is COC(=O)c1c(C)[nH]c(C(=O)NCC(c2ccccc2)N2CCOCC2)c1C. The topological polar surface area (TPSA) is 83.7 Å². The van der Waals surface area contributed by atoms with Gasteiger partial charge >= 0.3 is 5.97 Å². The van der Waals surface area contributed by atoms with E-state index in [2.05, 4.69) is 27.3 Å². The van der Waals surface area contributed by atoms with E-state index in [1.165, 1.54) is 7.11 Å². The van der Waals surface area contributed by atoms with Crippen molar-refractivity contribution in [3.8, 4) is 0 Å².